The van der Waals surface area contributed by atoms with E-state index in [9.17, 15) is 4.79 Å². The Kier molecular flexibility index (Phi) is 9.91. The largest absolute Gasteiger partial charge is 0.490 e. The van der Waals surface area contributed by atoms with E-state index in [2.05, 4.69) is 35.0 Å². The normalized spacial score (nSPS) is 20.1. The van der Waals surface area contributed by atoms with Crippen molar-refractivity contribution in [3.05, 3.63) is 23.8 Å². The van der Waals surface area contributed by atoms with Crippen molar-refractivity contribution >= 4 is 35.8 Å². The molecule has 3 aliphatic heterocycles. The molecular weight excluding hydrogens is 533 g/mol. The Balaban J connectivity index is 0.00000306. The van der Waals surface area contributed by atoms with Crippen molar-refractivity contribution in [3.8, 4) is 11.5 Å². The van der Waals surface area contributed by atoms with Crippen LogP contribution < -0.4 is 14.8 Å². The maximum Gasteiger partial charge on any atom is 0.239 e. The smallest absolute Gasteiger partial charge is 0.239 e. The first-order valence-electron chi connectivity index (χ1n) is 12.1. The summed E-state index contributed by atoms with van der Waals surface area (Å²) in [5.41, 5.74) is 1.10. The first-order chi connectivity index (χ1) is 15.7. The van der Waals surface area contributed by atoms with E-state index in [0.29, 0.717) is 19.8 Å². The third-order valence-corrected chi connectivity index (χ3v) is 6.49. The molecular formula is C24H38IN5O3. The molecule has 33 heavy (non-hydrogen) atoms. The number of fused-ring (bicyclic) bond motifs is 1. The molecule has 1 aromatic carbocycles. The van der Waals surface area contributed by atoms with Crippen molar-refractivity contribution in [2.75, 3.05) is 59.0 Å². The quantitative estimate of drug-likeness (QED) is 0.333. The molecule has 2 saturated heterocycles. The van der Waals surface area contributed by atoms with Gasteiger partial charge in [-0.1, -0.05) is 6.07 Å². The van der Waals surface area contributed by atoms with Crippen LogP contribution >= 0.6 is 24.0 Å². The molecule has 4 rings (SSSR count). The number of aliphatic imine (C=N–C) groups is 1. The monoisotopic (exact) mass is 571 g/mol. The summed E-state index contributed by atoms with van der Waals surface area (Å²) < 4.78 is 11.5. The van der Waals surface area contributed by atoms with Crippen LogP contribution in [-0.2, 0) is 11.3 Å². The van der Waals surface area contributed by atoms with Crippen LogP contribution in [0.5, 0.6) is 11.5 Å². The number of ether oxygens (including phenoxy) is 2. The summed E-state index contributed by atoms with van der Waals surface area (Å²) in [6.45, 7) is 12.2. The molecule has 0 spiro atoms. The van der Waals surface area contributed by atoms with E-state index in [4.69, 9.17) is 14.5 Å². The molecule has 1 unspecified atom stereocenters. The van der Waals surface area contributed by atoms with E-state index in [1.165, 1.54) is 0 Å². The Bertz CT molecular complexity index is 807. The second kappa shape index (κ2) is 12.6. The van der Waals surface area contributed by atoms with Gasteiger partial charge in [-0.05, 0) is 44.4 Å². The number of hydrogen-bond donors (Lipinski definition) is 1. The summed E-state index contributed by atoms with van der Waals surface area (Å²) in [6, 6.07) is 6.04. The lowest BCUT2D eigenvalue weighted by Gasteiger charge is -2.39. The number of hydrogen-bond acceptors (Lipinski definition) is 5. The minimum Gasteiger partial charge on any atom is -0.490 e. The Morgan fingerprint density at radius 1 is 1.00 bits per heavy atom. The predicted octanol–water partition coefficient (Wildman–Crippen LogP) is 2.56. The SMILES string of the molecule is CCNC(=NCc1ccc2c(c1)OCCCO2)N1CCN(C(C)C(=O)N2CCCC2)CC1.I. The average Bonchev–Trinajstić information content (AvgIpc) is 3.26. The fraction of sp³-hybridized carbons (Fsp3) is 0.667. The minimum atomic E-state index is -0.0448. The van der Waals surface area contributed by atoms with Gasteiger partial charge in [0.2, 0.25) is 5.91 Å². The Morgan fingerprint density at radius 3 is 2.39 bits per heavy atom. The number of amides is 1. The predicted molar refractivity (Wildman–Crippen MR) is 141 cm³/mol. The molecule has 1 atom stereocenters. The van der Waals surface area contributed by atoms with Gasteiger partial charge in [0.1, 0.15) is 0 Å². The van der Waals surface area contributed by atoms with Crippen molar-refractivity contribution in [2.45, 2.75) is 45.7 Å². The van der Waals surface area contributed by atoms with E-state index in [-0.39, 0.29) is 35.9 Å². The molecule has 2 fully saturated rings. The fourth-order valence-corrected chi connectivity index (χ4v) is 4.58. The lowest BCUT2D eigenvalue weighted by molar-refractivity contribution is -0.135. The van der Waals surface area contributed by atoms with Crippen LogP contribution in [0.4, 0.5) is 0 Å². The molecule has 3 heterocycles. The van der Waals surface area contributed by atoms with E-state index in [0.717, 1.165) is 88.1 Å². The number of carbonyl (C=O) groups excluding carboxylic acids is 1. The molecule has 0 bridgehead atoms. The molecule has 9 heteroatoms. The van der Waals surface area contributed by atoms with Crippen molar-refractivity contribution in [2.24, 2.45) is 4.99 Å². The van der Waals surface area contributed by atoms with Gasteiger partial charge in [0.15, 0.2) is 17.5 Å². The van der Waals surface area contributed by atoms with E-state index >= 15 is 0 Å². The van der Waals surface area contributed by atoms with Gasteiger partial charge in [-0.2, -0.15) is 0 Å². The van der Waals surface area contributed by atoms with Crippen molar-refractivity contribution in [1.29, 1.82) is 0 Å². The second-order valence-corrected chi connectivity index (χ2v) is 8.73. The molecule has 1 amide bonds. The van der Waals surface area contributed by atoms with Crippen LogP contribution in [0.15, 0.2) is 23.2 Å². The molecule has 1 N–H and O–H groups in total. The van der Waals surface area contributed by atoms with E-state index in [1.807, 2.05) is 17.0 Å². The first-order valence-corrected chi connectivity index (χ1v) is 12.1. The molecule has 1 aromatic rings. The van der Waals surface area contributed by atoms with Crippen LogP contribution in [0, 0.1) is 0 Å². The Labute approximate surface area is 214 Å². The highest BCUT2D eigenvalue weighted by atomic mass is 127. The fourth-order valence-electron chi connectivity index (χ4n) is 4.58. The number of nitrogens with one attached hydrogen (secondary N) is 1. The minimum absolute atomic E-state index is 0. The lowest BCUT2D eigenvalue weighted by Crippen LogP contribution is -2.57. The molecule has 3 aliphatic rings. The summed E-state index contributed by atoms with van der Waals surface area (Å²) in [5, 5.41) is 3.43. The Morgan fingerprint density at radius 2 is 1.70 bits per heavy atom. The van der Waals surface area contributed by atoms with Gasteiger partial charge in [-0.3, -0.25) is 9.69 Å². The van der Waals surface area contributed by atoms with Crippen molar-refractivity contribution in [1.82, 2.24) is 20.0 Å². The highest BCUT2D eigenvalue weighted by Crippen LogP contribution is 2.30. The number of benzene rings is 1. The number of rotatable bonds is 5. The van der Waals surface area contributed by atoms with Crippen LogP contribution in [0.2, 0.25) is 0 Å². The first kappa shape index (κ1) is 25.9. The third-order valence-electron chi connectivity index (χ3n) is 6.49. The number of halogens is 1. The number of piperazine rings is 1. The number of carbonyl (C=O) groups is 1. The standard InChI is InChI=1S/C24H37N5O3.HI/c1-3-25-24(26-18-20-7-8-21-22(17-20)32-16-6-15-31-21)29-13-11-27(12-14-29)19(2)23(30)28-9-4-5-10-28;/h7-8,17,19H,3-6,9-16,18H2,1-2H3,(H,25,26);1H. The van der Waals surface area contributed by atoms with Crippen LogP contribution in [0.1, 0.15) is 38.7 Å². The zero-order valence-electron chi connectivity index (χ0n) is 19.9. The molecule has 0 aromatic heterocycles. The molecule has 184 valence electrons. The van der Waals surface area contributed by atoms with Gasteiger partial charge >= 0.3 is 0 Å². The van der Waals surface area contributed by atoms with Gasteiger partial charge in [0, 0.05) is 52.2 Å². The maximum atomic E-state index is 12.8. The Hall–Kier alpha value is -1.75. The topological polar surface area (TPSA) is 69.6 Å². The highest BCUT2D eigenvalue weighted by molar-refractivity contribution is 14.0. The number of likely N-dealkylation sites (tertiary alicyclic amines) is 1. The van der Waals surface area contributed by atoms with Gasteiger partial charge in [0.25, 0.3) is 0 Å². The molecule has 0 aliphatic carbocycles. The molecule has 0 radical (unpaired) electrons. The maximum absolute atomic E-state index is 12.8. The van der Waals surface area contributed by atoms with E-state index < -0.39 is 0 Å². The van der Waals surface area contributed by atoms with Crippen LogP contribution in [0.3, 0.4) is 0 Å². The summed E-state index contributed by atoms with van der Waals surface area (Å²) in [5.74, 6) is 2.84. The summed E-state index contributed by atoms with van der Waals surface area (Å²) in [4.78, 5) is 24.3. The van der Waals surface area contributed by atoms with Crippen LogP contribution in [0.25, 0.3) is 0 Å². The summed E-state index contributed by atoms with van der Waals surface area (Å²) >= 11 is 0. The zero-order valence-corrected chi connectivity index (χ0v) is 22.3. The van der Waals surface area contributed by atoms with Crippen molar-refractivity contribution in [3.63, 3.8) is 0 Å². The van der Waals surface area contributed by atoms with Gasteiger partial charge < -0.3 is 24.6 Å². The second-order valence-electron chi connectivity index (χ2n) is 8.73. The average molecular weight is 572 g/mol. The van der Waals surface area contributed by atoms with Gasteiger partial charge in [-0.15, -0.1) is 24.0 Å². The zero-order chi connectivity index (χ0) is 22.3. The number of guanidine groups is 1. The van der Waals surface area contributed by atoms with Crippen LogP contribution in [-0.4, -0.2) is 91.6 Å². The van der Waals surface area contributed by atoms with Gasteiger partial charge in [-0.25, -0.2) is 4.99 Å². The van der Waals surface area contributed by atoms with Gasteiger partial charge in [0.05, 0.1) is 25.8 Å². The third kappa shape index (κ3) is 6.65. The molecule has 0 saturated carbocycles. The highest BCUT2D eigenvalue weighted by Gasteiger charge is 2.30. The number of nitrogens with zero attached hydrogens (tertiary/aromatic N) is 4. The van der Waals surface area contributed by atoms with Crippen molar-refractivity contribution < 1.29 is 14.3 Å². The van der Waals surface area contributed by atoms with E-state index in [1.54, 1.807) is 0 Å². The summed E-state index contributed by atoms with van der Waals surface area (Å²) in [6.07, 6.45) is 3.18. The summed E-state index contributed by atoms with van der Waals surface area (Å²) in [7, 11) is 0. The lowest BCUT2D eigenvalue weighted by atomic mass is 10.2. The molecule has 8 nitrogen and oxygen atoms in total.